The fraction of sp³-hybridized carbons (Fsp3) is 0.562. The Balaban J connectivity index is 1.76. The Morgan fingerprint density at radius 2 is 2.23 bits per heavy atom. The van der Waals surface area contributed by atoms with Crippen LogP contribution in [0.1, 0.15) is 50.0 Å². The van der Waals surface area contributed by atoms with Crippen LogP contribution in [0.15, 0.2) is 18.5 Å². The first-order valence-corrected chi connectivity index (χ1v) is 7.82. The first-order valence-electron chi connectivity index (χ1n) is 7.82. The zero-order chi connectivity index (χ0) is 15.7. The summed E-state index contributed by atoms with van der Waals surface area (Å²) in [5.41, 5.74) is 1.36. The van der Waals surface area contributed by atoms with Gasteiger partial charge in [-0.25, -0.2) is 9.67 Å². The predicted octanol–water partition coefficient (Wildman–Crippen LogP) is 2.31. The average molecular weight is 302 g/mol. The van der Waals surface area contributed by atoms with Gasteiger partial charge in [-0.1, -0.05) is 0 Å². The van der Waals surface area contributed by atoms with E-state index < -0.39 is 0 Å². The number of rotatable bonds is 4. The van der Waals surface area contributed by atoms with E-state index >= 15 is 0 Å². The number of pyridine rings is 1. The van der Waals surface area contributed by atoms with Crippen LogP contribution in [0.5, 0.6) is 0 Å². The molecule has 0 bridgehead atoms. The largest absolute Gasteiger partial charge is 0.376 e. The van der Waals surface area contributed by atoms with Crippen LogP contribution < -0.4 is 5.32 Å². The molecule has 6 heteroatoms. The fourth-order valence-corrected chi connectivity index (χ4v) is 2.82. The van der Waals surface area contributed by atoms with Gasteiger partial charge in [0.25, 0.3) is 5.91 Å². The Labute approximate surface area is 129 Å². The lowest BCUT2D eigenvalue weighted by Crippen LogP contribution is -2.40. The molecule has 0 saturated carbocycles. The van der Waals surface area contributed by atoms with Crippen molar-refractivity contribution in [3.63, 3.8) is 0 Å². The molecule has 118 valence electrons. The smallest absolute Gasteiger partial charge is 0.253 e. The van der Waals surface area contributed by atoms with Crippen LogP contribution in [-0.4, -0.2) is 39.4 Å². The summed E-state index contributed by atoms with van der Waals surface area (Å²) in [5.74, 6) is -0.116. The highest BCUT2D eigenvalue weighted by Gasteiger charge is 2.24. The second kappa shape index (κ2) is 6.04. The van der Waals surface area contributed by atoms with E-state index in [1.165, 1.54) is 0 Å². The van der Waals surface area contributed by atoms with E-state index in [9.17, 15) is 4.79 Å². The molecule has 1 fully saturated rings. The number of carbonyl (C=O) groups is 1. The van der Waals surface area contributed by atoms with Gasteiger partial charge >= 0.3 is 0 Å². The minimum Gasteiger partial charge on any atom is -0.376 e. The molecule has 22 heavy (non-hydrogen) atoms. The molecule has 0 aliphatic carbocycles. The minimum atomic E-state index is -0.116. The topological polar surface area (TPSA) is 69.0 Å². The Bertz CT molecular complexity index is 674. The van der Waals surface area contributed by atoms with E-state index in [2.05, 4.69) is 29.2 Å². The monoisotopic (exact) mass is 302 g/mol. The summed E-state index contributed by atoms with van der Waals surface area (Å²) >= 11 is 0. The van der Waals surface area contributed by atoms with Gasteiger partial charge in [-0.05, 0) is 39.7 Å². The zero-order valence-corrected chi connectivity index (χ0v) is 13.2. The van der Waals surface area contributed by atoms with E-state index in [0.29, 0.717) is 5.56 Å². The molecule has 1 aliphatic heterocycles. The SMILES string of the molecule is CC(C)n1ncc2cc(C(=O)N[C@H](C)[C@@H]3CCCO3)cnc21. The minimum absolute atomic E-state index is 0.00378. The molecule has 0 radical (unpaired) electrons. The van der Waals surface area contributed by atoms with Gasteiger partial charge in [0.15, 0.2) is 5.65 Å². The molecule has 1 amide bonds. The van der Waals surface area contributed by atoms with Gasteiger partial charge in [0.1, 0.15) is 0 Å². The third-order valence-corrected chi connectivity index (χ3v) is 4.07. The maximum atomic E-state index is 12.4. The Kier molecular flexibility index (Phi) is 4.11. The third-order valence-electron chi connectivity index (χ3n) is 4.07. The van der Waals surface area contributed by atoms with Crippen molar-refractivity contribution in [1.82, 2.24) is 20.1 Å². The van der Waals surface area contributed by atoms with E-state index in [4.69, 9.17) is 4.74 Å². The lowest BCUT2D eigenvalue weighted by molar-refractivity contribution is 0.0712. The van der Waals surface area contributed by atoms with Crippen molar-refractivity contribution in [2.24, 2.45) is 0 Å². The van der Waals surface area contributed by atoms with Crippen molar-refractivity contribution in [1.29, 1.82) is 0 Å². The zero-order valence-electron chi connectivity index (χ0n) is 13.2. The molecule has 6 nitrogen and oxygen atoms in total. The molecule has 2 aromatic rings. The number of nitrogens with one attached hydrogen (secondary N) is 1. The van der Waals surface area contributed by atoms with Gasteiger partial charge in [-0.2, -0.15) is 5.10 Å². The summed E-state index contributed by atoms with van der Waals surface area (Å²) in [6.45, 7) is 6.87. The van der Waals surface area contributed by atoms with E-state index in [1.54, 1.807) is 12.4 Å². The summed E-state index contributed by atoms with van der Waals surface area (Å²) in [4.78, 5) is 16.8. The van der Waals surface area contributed by atoms with Crippen molar-refractivity contribution in [2.75, 3.05) is 6.61 Å². The Hall–Kier alpha value is -1.95. The number of amides is 1. The maximum absolute atomic E-state index is 12.4. The molecule has 1 saturated heterocycles. The Morgan fingerprint density at radius 3 is 2.91 bits per heavy atom. The molecule has 0 unspecified atom stereocenters. The van der Waals surface area contributed by atoms with Crippen LogP contribution in [0.25, 0.3) is 11.0 Å². The molecule has 2 atom stereocenters. The standard InChI is InChI=1S/C16H22N4O2/c1-10(2)20-15-12(9-18-20)7-13(8-17-15)16(21)19-11(3)14-5-4-6-22-14/h7-11,14H,4-6H2,1-3H3,(H,19,21)/t11-,14+/m1/s1. The van der Waals surface area contributed by atoms with Crippen molar-refractivity contribution >= 4 is 16.9 Å². The first kappa shape index (κ1) is 15.0. The number of nitrogens with zero attached hydrogens (tertiary/aromatic N) is 3. The van der Waals surface area contributed by atoms with Crippen molar-refractivity contribution in [2.45, 2.75) is 51.8 Å². The van der Waals surface area contributed by atoms with Crippen LogP contribution in [0, 0.1) is 0 Å². The first-order chi connectivity index (χ1) is 10.6. The number of hydrogen-bond donors (Lipinski definition) is 1. The van der Waals surface area contributed by atoms with E-state index in [-0.39, 0.29) is 24.1 Å². The van der Waals surface area contributed by atoms with Gasteiger partial charge in [0.2, 0.25) is 0 Å². The fourth-order valence-electron chi connectivity index (χ4n) is 2.82. The average Bonchev–Trinajstić information content (AvgIpc) is 3.15. The number of carbonyl (C=O) groups excluding carboxylic acids is 1. The molecule has 1 aliphatic rings. The number of ether oxygens (including phenoxy) is 1. The highest BCUT2D eigenvalue weighted by atomic mass is 16.5. The summed E-state index contributed by atoms with van der Waals surface area (Å²) in [6, 6.07) is 2.08. The van der Waals surface area contributed by atoms with E-state index in [0.717, 1.165) is 30.5 Å². The summed E-state index contributed by atoms with van der Waals surface area (Å²) in [5, 5.41) is 8.20. The predicted molar refractivity (Wildman–Crippen MR) is 83.8 cm³/mol. The van der Waals surface area contributed by atoms with Gasteiger partial charge in [-0.3, -0.25) is 4.79 Å². The second-order valence-corrected chi connectivity index (χ2v) is 6.13. The molecule has 1 N–H and O–H groups in total. The second-order valence-electron chi connectivity index (χ2n) is 6.13. The van der Waals surface area contributed by atoms with Crippen molar-refractivity contribution in [3.05, 3.63) is 24.0 Å². The van der Waals surface area contributed by atoms with Crippen molar-refractivity contribution < 1.29 is 9.53 Å². The Morgan fingerprint density at radius 1 is 1.41 bits per heavy atom. The van der Waals surface area contributed by atoms with Crippen LogP contribution in [0.2, 0.25) is 0 Å². The molecule has 2 aromatic heterocycles. The van der Waals surface area contributed by atoms with Crippen molar-refractivity contribution in [3.8, 4) is 0 Å². The summed E-state index contributed by atoms with van der Waals surface area (Å²) in [7, 11) is 0. The van der Waals surface area contributed by atoms with Gasteiger partial charge in [-0.15, -0.1) is 0 Å². The van der Waals surface area contributed by atoms with Gasteiger partial charge in [0, 0.05) is 24.2 Å². The molecule has 3 rings (SSSR count). The normalized spacial score (nSPS) is 19.7. The molecule has 0 spiro atoms. The van der Waals surface area contributed by atoms with Crippen LogP contribution in [0.4, 0.5) is 0 Å². The molecule has 0 aromatic carbocycles. The highest BCUT2D eigenvalue weighted by Crippen LogP contribution is 2.18. The highest BCUT2D eigenvalue weighted by molar-refractivity contribution is 5.97. The molecule has 3 heterocycles. The quantitative estimate of drug-likeness (QED) is 0.941. The van der Waals surface area contributed by atoms with E-state index in [1.807, 2.05) is 17.7 Å². The molecular weight excluding hydrogens is 280 g/mol. The lowest BCUT2D eigenvalue weighted by Gasteiger charge is -2.19. The van der Waals surface area contributed by atoms with Crippen LogP contribution >= 0.6 is 0 Å². The molecular formula is C16H22N4O2. The lowest BCUT2D eigenvalue weighted by atomic mass is 10.1. The third kappa shape index (κ3) is 2.83. The number of hydrogen-bond acceptors (Lipinski definition) is 4. The summed E-state index contributed by atoms with van der Waals surface area (Å²) < 4.78 is 7.46. The number of fused-ring (bicyclic) bond motifs is 1. The van der Waals surface area contributed by atoms with Crippen LogP contribution in [-0.2, 0) is 4.74 Å². The summed E-state index contributed by atoms with van der Waals surface area (Å²) in [6.07, 6.45) is 5.54. The van der Waals surface area contributed by atoms with Gasteiger partial charge < -0.3 is 10.1 Å². The number of aromatic nitrogens is 3. The maximum Gasteiger partial charge on any atom is 0.253 e. The van der Waals surface area contributed by atoms with Gasteiger partial charge in [0.05, 0.1) is 23.9 Å². The van der Waals surface area contributed by atoms with Crippen LogP contribution in [0.3, 0.4) is 0 Å².